The van der Waals surface area contributed by atoms with Crippen LogP contribution in [0.1, 0.15) is 33.9 Å². The van der Waals surface area contributed by atoms with Crippen molar-refractivity contribution < 1.29 is 17.9 Å². The highest BCUT2D eigenvalue weighted by Crippen LogP contribution is 2.33. The number of hydrogen-bond acceptors (Lipinski definition) is 4. The van der Waals surface area contributed by atoms with E-state index in [0.29, 0.717) is 11.4 Å². The lowest BCUT2D eigenvalue weighted by Crippen LogP contribution is -2.42. The second-order valence-corrected chi connectivity index (χ2v) is 11.2. The Bertz CT molecular complexity index is 1500. The van der Waals surface area contributed by atoms with Crippen LogP contribution in [0.2, 0.25) is 0 Å². The molecule has 0 bridgehead atoms. The van der Waals surface area contributed by atoms with E-state index in [9.17, 15) is 13.2 Å². The van der Waals surface area contributed by atoms with Crippen molar-refractivity contribution in [1.29, 1.82) is 0 Å². The SMILES string of the molecule is COc1ccc(C)cc1N(CC(=O)N[C@@H](c1ccccc1)c1ccc(C)cc1)S(=O)(=O)c1ccc(C)cc1. The summed E-state index contributed by atoms with van der Waals surface area (Å²) in [6.07, 6.45) is 0. The van der Waals surface area contributed by atoms with E-state index in [-0.39, 0.29) is 4.90 Å². The number of carbonyl (C=O) groups excluding carboxylic acids is 1. The number of aryl methyl sites for hydroxylation is 3. The highest BCUT2D eigenvalue weighted by Gasteiger charge is 2.30. The van der Waals surface area contributed by atoms with E-state index in [1.807, 2.05) is 81.4 Å². The van der Waals surface area contributed by atoms with E-state index >= 15 is 0 Å². The lowest BCUT2D eigenvalue weighted by atomic mass is 9.98. The Morgan fingerprint density at radius 2 is 1.34 bits per heavy atom. The summed E-state index contributed by atoms with van der Waals surface area (Å²) in [5.41, 5.74) is 4.97. The standard InChI is InChI=1S/C31H32N2O4S/c1-22-10-15-26(16-11-22)31(25-8-6-5-7-9-25)32-30(34)21-33(28-20-24(3)14-19-29(28)37-4)38(35,36)27-17-12-23(2)13-18-27/h5-20,31H,21H2,1-4H3,(H,32,34)/t31-/m0/s1. The summed E-state index contributed by atoms with van der Waals surface area (Å²) in [6.45, 7) is 5.33. The smallest absolute Gasteiger partial charge is 0.264 e. The summed E-state index contributed by atoms with van der Waals surface area (Å²) >= 11 is 0. The van der Waals surface area contributed by atoms with Gasteiger partial charge in [-0.05, 0) is 61.7 Å². The van der Waals surface area contributed by atoms with Crippen LogP contribution in [0.4, 0.5) is 5.69 Å². The molecule has 0 fully saturated rings. The molecule has 0 unspecified atom stereocenters. The number of nitrogens with one attached hydrogen (secondary N) is 1. The van der Waals surface area contributed by atoms with E-state index in [1.165, 1.54) is 7.11 Å². The Morgan fingerprint density at radius 1 is 0.789 bits per heavy atom. The average Bonchev–Trinajstić information content (AvgIpc) is 2.91. The summed E-state index contributed by atoms with van der Waals surface area (Å²) in [5, 5.41) is 3.07. The maximum atomic E-state index is 13.9. The van der Waals surface area contributed by atoms with Crippen LogP contribution < -0.4 is 14.4 Å². The van der Waals surface area contributed by atoms with Gasteiger partial charge in [-0.3, -0.25) is 9.10 Å². The summed E-state index contributed by atoms with van der Waals surface area (Å²) < 4.78 is 34.5. The van der Waals surface area contributed by atoms with Crippen molar-refractivity contribution in [2.45, 2.75) is 31.7 Å². The van der Waals surface area contributed by atoms with Gasteiger partial charge in [0.15, 0.2) is 0 Å². The van der Waals surface area contributed by atoms with Gasteiger partial charge in [-0.2, -0.15) is 0 Å². The van der Waals surface area contributed by atoms with E-state index in [1.54, 1.807) is 36.4 Å². The molecule has 7 heteroatoms. The largest absolute Gasteiger partial charge is 0.495 e. The van der Waals surface area contributed by atoms with Crippen molar-refractivity contribution >= 4 is 21.6 Å². The van der Waals surface area contributed by atoms with Crippen molar-refractivity contribution in [1.82, 2.24) is 5.32 Å². The predicted molar refractivity (Wildman–Crippen MR) is 151 cm³/mol. The van der Waals surface area contributed by atoms with Crippen LogP contribution in [0.15, 0.2) is 102 Å². The molecule has 38 heavy (non-hydrogen) atoms. The van der Waals surface area contributed by atoms with Crippen molar-refractivity contribution in [3.05, 3.63) is 125 Å². The molecule has 4 rings (SSSR count). The molecule has 1 atom stereocenters. The Hall–Kier alpha value is -4.10. The Morgan fingerprint density at radius 3 is 1.95 bits per heavy atom. The zero-order valence-electron chi connectivity index (χ0n) is 22.0. The van der Waals surface area contributed by atoms with Crippen molar-refractivity contribution in [3.8, 4) is 5.75 Å². The van der Waals surface area contributed by atoms with Gasteiger partial charge in [0.2, 0.25) is 5.91 Å². The second kappa shape index (κ2) is 11.5. The third kappa shape index (κ3) is 6.06. The molecule has 0 radical (unpaired) electrons. The van der Waals surface area contributed by atoms with Gasteiger partial charge in [-0.25, -0.2) is 8.42 Å². The fourth-order valence-electron chi connectivity index (χ4n) is 4.23. The number of hydrogen-bond donors (Lipinski definition) is 1. The van der Waals surface area contributed by atoms with Gasteiger partial charge in [0, 0.05) is 0 Å². The quantitative estimate of drug-likeness (QED) is 0.301. The number of nitrogens with zero attached hydrogens (tertiary/aromatic N) is 1. The molecule has 1 amide bonds. The van der Waals surface area contributed by atoms with Gasteiger partial charge in [-0.1, -0.05) is 83.9 Å². The van der Waals surface area contributed by atoms with Crippen LogP contribution in [-0.4, -0.2) is 28.0 Å². The number of rotatable bonds is 9. The number of methoxy groups -OCH3 is 1. The maximum absolute atomic E-state index is 13.9. The van der Waals surface area contributed by atoms with Gasteiger partial charge >= 0.3 is 0 Å². The highest BCUT2D eigenvalue weighted by atomic mass is 32.2. The zero-order valence-corrected chi connectivity index (χ0v) is 22.8. The van der Waals surface area contributed by atoms with Gasteiger partial charge < -0.3 is 10.1 Å². The number of amides is 1. The summed E-state index contributed by atoms with van der Waals surface area (Å²) in [5.74, 6) is -0.0871. The molecule has 4 aromatic rings. The molecular weight excluding hydrogens is 496 g/mol. The fourth-order valence-corrected chi connectivity index (χ4v) is 5.66. The predicted octanol–water partition coefficient (Wildman–Crippen LogP) is 5.72. The van der Waals surface area contributed by atoms with Gasteiger partial charge in [0.05, 0.1) is 23.7 Å². The number of benzene rings is 4. The van der Waals surface area contributed by atoms with Crippen LogP contribution in [0, 0.1) is 20.8 Å². The minimum atomic E-state index is -4.09. The van der Waals surface area contributed by atoms with E-state index in [0.717, 1.165) is 32.1 Å². The van der Waals surface area contributed by atoms with Crippen molar-refractivity contribution in [2.75, 3.05) is 18.0 Å². The molecule has 6 nitrogen and oxygen atoms in total. The van der Waals surface area contributed by atoms with Crippen LogP contribution in [0.25, 0.3) is 0 Å². The summed E-state index contributed by atoms with van der Waals surface area (Å²) in [4.78, 5) is 13.7. The first-order valence-corrected chi connectivity index (χ1v) is 13.8. The molecule has 1 N–H and O–H groups in total. The first-order valence-electron chi connectivity index (χ1n) is 12.3. The molecule has 0 saturated carbocycles. The number of sulfonamides is 1. The zero-order chi connectivity index (χ0) is 27.3. The third-order valence-electron chi connectivity index (χ3n) is 6.35. The Kier molecular flexibility index (Phi) is 8.17. The lowest BCUT2D eigenvalue weighted by Gasteiger charge is -2.27. The van der Waals surface area contributed by atoms with Crippen molar-refractivity contribution in [2.24, 2.45) is 0 Å². The molecule has 0 aliphatic rings. The van der Waals surface area contributed by atoms with Crippen molar-refractivity contribution in [3.63, 3.8) is 0 Å². The fraction of sp³-hybridized carbons (Fsp3) is 0.194. The van der Waals surface area contributed by atoms with Crippen LogP contribution in [0.3, 0.4) is 0 Å². The van der Waals surface area contributed by atoms with Gasteiger partial charge in [0.25, 0.3) is 10.0 Å². The van der Waals surface area contributed by atoms with Gasteiger partial charge in [0.1, 0.15) is 12.3 Å². The number of ether oxygens (including phenoxy) is 1. The average molecular weight is 529 g/mol. The van der Waals surface area contributed by atoms with E-state index in [4.69, 9.17) is 4.74 Å². The molecule has 0 aliphatic heterocycles. The molecule has 0 heterocycles. The molecular formula is C31H32N2O4S. The first-order chi connectivity index (χ1) is 18.2. The first kappa shape index (κ1) is 26.9. The number of carbonyl (C=O) groups is 1. The van der Waals surface area contributed by atoms with E-state index in [2.05, 4.69) is 5.32 Å². The third-order valence-corrected chi connectivity index (χ3v) is 8.12. The van der Waals surface area contributed by atoms with Gasteiger partial charge in [-0.15, -0.1) is 0 Å². The Balaban J connectivity index is 1.74. The van der Waals surface area contributed by atoms with Crippen LogP contribution in [0.5, 0.6) is 5.75 Å². The normalized spacial score (nSPS) is 12.0. The second-order valence-electron chi connectivity index (χ2n) is 9.32. The summed E-state index contributed by atoms with van der Waals surface area (Å²) in [6, 6.07) is 28.9. The Labute approximate surface area is 225 Å². The van der Waals surface area contributed by atoms with Crippen LogP contribution >= 0.6 is 0 Å². The minimum absolute atomic E-state index is 0.0950. The molecule has 4 aromatic carbocycles. The summed E-state index contributed by atoms with van der Waals surface area (Å²) in [7, 11) is -2.61. The maximum Gasteiger partial charge on any atom is 0.264 e. The molecule has 0 aromatic heterocycles. The highest BCUT2D eigenvalue weighted by molar-refractivity contribution is 7.92. The lowest BCUT2D eigenvalue weighted by molar-refractivity contribution is -0.120. The molecule has 196 valence electrons. The molecule has 0 saturated heterocycles. The topological polar surface area (TPSA) is 75.7 Å². The molecule has 0 aliphatic carbocycles. The molecule has 0 spiro atoms. The minimum Gasteiger partial charge on any atom is -0.495 e. The number of anilines is 1. The van der Waals surface area contributed by atoms with Crippen LogP contribution in [-0.2, 0) is 14.8 Å². The van der Waals surface area contributed by atoms with E-state index < -0.39 is 28.5 Å². The monoisotopic (exact) mass is 528 g/mol.